The van der Waals surface area contributed by atoms with Gasteiger partial charge in [0.1, 0.15) is 0 Å². The molecule has 0 atom stereocenters. The molecule has 2 aromatic carbocycles. The Bertz CT molecular complexity index is 628. The molecule has 2 aromatic rings. The van der Waals surface area contributed by atoms with Crippen molar-refractivity contribution in [3.63, 3.8) is 0 Å². The zero-order valence-corrected chi connectivity index (χ0v) is 9.95. The predicted molar refractivity (Wildman–Crippen MR) is 72.0 cm³/mol. The van der Waals surface area contributed by atoms with Crippen molar-refractivity contribution in [2.45, 2.75) is 11.4 Å². The summed E-state index contributed by atoms with van der Waals surface area (Å²) in [6.07, 6.45) is 0. The molecule has 0 radical (unpaired) electrons. The molecule has 0 spiro atoms. The number of para-hydroxylation sites is 2. The zero-order chi connectivity index (χ0) is 11.2. The molecule has 2 nitrogen and oxygen atoms in total. The number of amidine groups is 1. The van der Waals surface area contributed by atoms with Crippen molar-refractivity contribution >= 4 is 28.3 Å². The second-order valence-electron chi connectivity index (χ2n) is 4.13. The minimum atomic E-state index is 0.795. The molecule has 3 heteroatoms. The Hall–Kier alpha value is -1.74. The van der Waals surface area contributed by atoms with Crippen molar-refractivity contribution in [2.75, 3.05) is 4.90 Å². The SMILES string of the molecule is c1ccc2c(c1)CN=C1Sc3ccccc3N12. The Balaban J connectivity index is 1.97. The molecule has 2 aliphatic heterocycles. The summed E-state index contributed by atoms with van der Waals surface area (Å²) in [6, 6.07) is 17.0. The topological polar surface area (TPSA) is 15.6 Å². The first-order valence-electron chi connectivity index (χ1n) is 5.63. The molecule has 0 saturated heterocycles. The number of rotatable bonds is 0. The molecule has 0 amide bonds. The largest absolute Gasteiger partial charge is 0.288 e. The van der Waals surface area contributed by atoms with Crippen molar-refractivity contribution in [1.82, 2.24) is 0 Å². The molecule has 82 valence electrons. The highest BCUT2D eigenvalue weighted by molar-refractivity contribution is 8.14. The molecule has 17 heavy (non-hydrogen) atoms. The second kappa shape index (κ2) is 3.37. The van der Waals surface area contributed by atoms with Gasteiger partial charge >= 0.3 is 0 Å². The van der Waals surface area contributed by atoms with Crippen LogP contribution in [0.15, 0.2) is 58.4 Å². The van der Waals surface area contributed by atoms with Crippen molar-refractivity contribution < 1.29 is 0 Å². The molecule has 4 rings (SSSR count). The van der Waals surface area contributed by atoms with E-state index >= 15 is 0 Å². The first-order valence-corrected chi connectivity index (χ1v) is 6.44. The summed E-state index contributed by atoms with van der Waals surface area (Å²) in [7, 11) is 0. The highest BCUT2D eigenvalue weighted by Gasteiger charge is 2.30. The number of anilines is 2. The number of nitrogens with zero attached hydrogens (tertiary/aromatic N) is 2. The maximum absolute atomic E-state index is 4.65. The molecular weight excluding hydrogens is 228 g/mol. The number of hydrogen-bond acceptors (Lipinski definition) is 3. The number of thioether (sulfide) groups is 1. The monoisotopic (exact) mass is 238 g/mol. The second-order valence-corrected chi connectivity index (χ2v) is 5.14. The van der Waals surface area contributed by atoms with Crippen LogP contribution in [0.3, 0.4) is 0 Å². The molecule has 0 aromatic heterocycles. The third kappa shape index (κ3) is 1.26. The van der Waals surface area contributed by atoms with Crippen LogP contribution in [0.1, 0.15) is 5.56 Å². The highest BCUT2D eigenvalue weighted by Crippen LogP contribution is 2.47. The predicted octanol–water partition coefficient (Wildman–Crippen LogP) is 3.80. The van der Waals surface area contributed by atoms with Gasteiger partial charge in [-0.2, -0.15) is 0 Å². The molecule has 0 bridgehead atoms. The number of hydrogen-bond donors (Lipinski definition) is 0. The lowest BCUT2D eigenvalue weighted by molar-refractivity contribution is 1.03. The van der Waals surface area contributed by atoms with Crippen LogP contribution < -0.4 is 4.90 Å². The first-order chi connectivity index (χ1) is 8.43. The Morgan fingerprint density at radius 3 is 2.65 bits per heavy atom. The summed E-state index contributed by atoms with van der Waals surface area (Å²) in [5.41, 5.74) is 3.83. The van der Waals surface area contributed by atoms with Gasteiger partial charge in [0, 0.05) is 4.90 Å². The van der Waals surface area contributed by atoms with Gasteiger partial charge in [-0.1, -0.05) is 30.3 Å². The van der Waals surface area contributed by atoms with Crippen molar-refractivity contribution in [3.05, 3.63) is 54.1 Å². The minimum absolute atomic E-state index is 0.795. The maximum Gasteiger partial charge on any atom is 0.173 e. The lowest BCUT2D eigenvalue weighted by Gasteiger charge is -2.25. The van der Waals surface area contributed by atoms with Gasteiger partial charge in [0.2, 0.25) is 0 Å². The van der Waals surface area contributed by atoms with Crippen molar-refractivity contribution in [1.29, 1.82) is 0 Å². The molecule has 0 N–H and O–H groups in total. The first kappa shape index (κ1) is 9.31. The van der Waals surface area contributed by atoms with E-state index in [1.54, 1.807) is 11.8 Å². The fraction of sp³-hybridized carbons (Fsp3) is 0.0714. The van der Waals surface area contributed by atoms with E-state index in [-0.39, 0.29) is 0 Å². The van der Waals surface area contributed by atoms with E-state index in [0.29, 0.717) is 0 Å². The van der Waals surface area contributed by atoms with Gasteiger partial charge in [-0.15, -0.1) is 0 Å². The quantitative estimate of drug-likeness (QED) is 0.693. The van der Waals surface area contributed by atoms with E-state index in [0.717, 1.165) is 11.7 Å². The van der Waals surface area contributed by atoms with Crippen LogP contribution in [0.25, 0.3) is 0 Å². The molecule has 2 heterocycles. The summed E-state index contributed by atoms with van der Waals surface area (Å²) < 4.78 is 0. The Labute approximate surface area is 104 Å². The van der Waals surface area contributed by atoms with E-state index in [1.165, 1.54) is 21.8 Å². The van der Waals surface area contributed by atoms with Crippen molar-refractivity contribution in [2.24, 2.45) is 4.99 Å². The molecular formula is C14H10N2S. The molecule has 0 fully saturated rings. The van der Waals surface area contributed by atoms with E-state index in [9.17, 15) is 0 Å². The van der Waals surface area contributed by atoms with Crippen LogP contribution in [-0.4, -0.2) is 5.17 Å². The van der Waals surface area contributed by atoms with Crippen LogP contribution in [0.5, 0.6) is 0 Å². The van der Waals surface area contributed by atoms with Gasteiger partial charge in [0.15, 0.2) is 5.17 Å². The smallest absolute Gasteiger partial charge is 0.173 e. The minimum Gasteiger partial charge on any atom is -0.288 e. The van der Waals surface area contributed by atoms with Gasteiger partial charge in [0.05, 0.1) is 17.9 Å². The Kier molecular flexibility index (Phi) is 1.85. The van der Waals surface area contributed by atoms with Crippen LogP contribution in [-0.2, 0) is 6.54 Å². The lowest BCUT2D eigenvalue weighted by atomic mass is 10.1. The van der Waals surface area contributed by atoms with E-state index in [1.807, 2.05) is 0 Å². The summed E-state index contributed by atoms with van der Waals surface area (Å²) >= 11 is 1.76. The van der Waals surface area contributed by atoms with E-state index < -0.39 is 0 Å². The van der Waals surface area contributed by atoms with Gasteiger partial charge < -0.3 is 0 Å². The standard InChI is InChI=1S/C14H10N2S/c1-2-6-11-10(5-1)9-15-14-16(11)12-7-3-4-8-13(12)17-14/h1-8H,9H2. The zero-order valence-electron chi connectivity index (χ0n) is 9.13. The highest BCUT2D eigenvalue weighted by atomic mass is 32.2. The molecule has 0 saturated carbocycles. The summed E-state index contributed by atoms with van der Waals surface area (Å²) in [6.45, 7) is 0.795. The molecule has 0 aliphatic carbocycles. The van der Waals surface area contributed by atoms with Crippen LogP contribution in [0.2, 0.25) is 0 Å². The summed E-state index contributed by atoms with van der Waals surface area (Å²) in [5, 5.41) is 1.10. The third-order valence-corrected chi connectivity index (χ3v) is 4.18. The number of fused-ring (bicyclic) bond motifs is 5. The van der Waals surface area contributed by atoms with Crippen LogP contribution in [0, 0.1) is 0 Å². The average molecular weight is 238 g/mol. The van der Waals surface area contributed by atoms with Crippen LogP contribution in [0.4, 0.5) is 11.4 Å². The number of aliphatic imine (C=N–C) groups is 1. The molecule has 0 unspecified atom stereocenters. The fourth-order valence-corrected chi connectivity index (χ4v) is 3.35. The Morgan fingerprint density at radius 2 is 1.71 bits per heavy atom. The van der Waals surface area contributed by atoms with Gasteiger partial charge in [0.25, 0.3) is 0 Å². The normalized spacial score (nSPS) is 16.0. The van der Waals surface area contributed by atoms with Gasteiger partial charge in [-0.05, 0) is 35.5 Å². The summed E-state index contributed by atoms with van der Waals surface area (Å²) in [4.78, 5) is 8.21. The number of benzene rings is 2. The lowest BCUT2D eigenvalue weighted by Crippen LogP contribution is -2.23. The fourth-order valence-electron chi connectivity index (χ4n) is 2.33. The summed E-state index contributed by atoms with van der Waals surface area (Å²) in [5.74, 6) is 0. The van der Waals surface area contributed by atoms with E-state index in [4.69, 9.17) is 0 Å². The van der Waals surface area contributed by atoms with Crippen LogP contribution >= 0.6 is 11.8 Å². The van der Waals surface area contributed by atoms with Gasteiger partial charge in [-0.3, -0.25) is 9.89 Å². The van der Waals surface area contributed by atoms with Gasteiger partial charge in [-0.25, -0.2) is 0 Å². The maximum atomic E-state index is 4.65. The molecule has 2 aliphatic rings. The van der Waals surface area contributed by atoms with Crippen molar-refractivity contribution in [3.8, 4) is 0 Å². The Morgan fingerprint density at radius 1 is 0.941 bits per heavy atom. The average Bonchev–Trinajstić information content (AvgIpc) is 2.77. The third-order valence-electron chi connectivity index (χ3n) is 3.12. The van der Waals surface area contributed by atoms with E-state index in [2.05, 4.69) is 58.4 Å².